The summed E-state index contributed by atoms with van der Waals surface area (Å²) >= 11 is 1.59. The molecule has 7 atom stereocenters. The van der Waals surface area contributed by atoms with Crippen molar-refractivity contribution in [2.45, 2.75) is 74.7 Å². The van der Waals surface area contributed by atoms with Gasteiger partial charge in [-0.2, -0.15) is 0 Å². The van der Waals surface area contributed by atoms with E-state index in [1.165, 1.54) is 14.2 Å². The fourth-order valence-corrected chi connectivity index (χ4v) is 9.86. The van der Waals surface area contributed by atoms with Gasteiger partial charge in [0.2, 0.25) is 11.8 Å². The number of pyridine rings is 1. The molecule has 14 heteroatoms. The molecule has 2 unspecified atom stereocenters. The number of thioether (sulfide) groups is 1. The molecule has 3 aromatic heterocycles. The molecule has 3 aliphatic rings. The molecule has 58 heavy (non-hydrogen) atoms. The third-order valence-electron chi connectivity index (χ3n) is 12.4. The average Bonchev–Trinajstić information content (AvgIpc) is 4.13. The first-order chi connectivity index (χ1) is 28.3. The molecular weight excluding hydrogens is 753 g/mol. The van der Waals surface area contributed by atoms with Crippen molar-refractivity contribution >= 4 is 29.7 Å². The normalized spacial score (nSPS) is 22.1. The third-order valence-corrected chi connectivity index (χ3v) is 13.1. The van der Waals surface area contributed by atoms with E-state index in [1.54, 1.807) is 36.0 Å². The number of ether oxygens (including phenoxy) is 2. The number of amides is 3. The SMILES string of the molecule is COC(=O)N[C@H](C(=O)N1CCC[C@H]1c1ncc(-c2ccc(-c3ccc(-c4cnc([C@H]5C6CCC(C6)[C@@H]5C(=O)NCc5cccnc5SC)[nH]4)cc3)cc2)[nH]1)[C@@H](C)OC. The van der Waals surface area contributed by atoms with Crippen LogP contribution in [0.5, 0.6) is 0 Å². The number of aromatic amines is 2. The number of imidazole rings is 2. The molecule has 8 rings (SSSR count). The van der Waals surface area contributed by atoms with Crippen LogP contribution in [0, 0.1) is 17.8 Å². The lowest BCUT2D eigenvalue weighted by atomic mass is 9.78. The second-order valence-electron chi connectivity index (χ2n) is 15.5. The number of fused-ring (bicyclic) bond motifs is 2. The predicted octanol–water partition coefficient (Wildman–Crippen LogP) is 7.12. The zero-order chi connectivity index (χ0) is 40.3. The summed E-state index contributed by atoms with van der Waals surface area (Å²) in [5.41, 5.74) is 7.02. The first kappa shape index (κ1) is 39.4. The smallest absolute Gasteiger partial charge is 0.407 e. The fourth-order valence-electron chi connectivity index (χ4n) is 9.29. The highest BCUT2D eigenvalue weighted by Gasteiger charge is 2.52. The second-order valence-corrected chi connectivity index (χ2v) is 16.3. The lowest BCUT2D eigenvalue weighted by Crippen LogP contribution is -2.54. The summed E-state index contributed by atoms with van der Waals surface area (Å²) in [6, 6.07) is 19.6. The maximum absolute atomic E-state index is 13.7. The Kier molecular flexibility index (Phi) is 11.7. The summed E-state index contributed by atoms with van der Waals surface area (Å²) in [5.74, 6) is 2.31. The first-order valence-corrected chi connectivity index (χ1v) is 21.2. The van der Waals surface area contributed by atoms with E-state index in [9.17, 15) is 14.4 Å². The van der Waals surface area contributed by atoms with Gasteiger partial charge in [-0.15, -0.1) is 11.8 Å². The quantitative estimate of drug-likeness (QED) is 0.0907. The molecule has 0 spiro atoms. The summed E-state index contributed by atoms with van der Waals surface area (Å²) in [6.45, 7) is 2.77. The number of H-pyrrole nitrogens is 2. The molecule has 1 saturated heterocycles. The number of rotatable bonds is 13. The van der Waals surface area contributed by atoms with Crippen molar-refractivity contribution in [1.82, 2.24) is 40.5 Å². The van der Waals surface area contributed by atoms with Gasteiger partial charge in [-0.05, 0) is 85.4 Å². The molecule has 13 nitrogen and oxygen atoms in total. The Bertz CT molecular complexity index is 2240. The van der Waals surface area contributed by atoms with Crippen molar-refractivity contribution < 1.29 is 23.9 Å². The highest BCUT2D eigenvalue weighted by molar-refractivity contribution is 7.98. The summed E-state index contributed by atoms with van der Waals surface area (Å²) in [5, 5.41) is 6.81. The van der Waals surface area contributed by atoms with Crippen molar-refractivity contribution in [3.05, 3.63) is 96.5 Å². The Balaban J connectivity index is 0.916. The van der Waals surface area contributed by atoms with E-state index in [1.807, 2.05) is 24.6 Å². The number of benzene rings is 2. The van der Waals surface area contributed by atoms with Crippen LogP contribution in [0.3, 0.4) is 0 Å². The number of hydrogen-bond acceptors (Lipinski definition) is 9. The number of carbonyl (C=O) groups is 3. The van der Waals surface area contributed by atoms with Gasteiger partial charge < -0.3 is 35.0 Å². The van der Waals surface area contributed by atoms with Crippen LogP contribution in [0.15, 0.2) is 84.3 Å². The maximum atomic E-state index is 13.7. The van der Waals surface area contributed by atoms with Crippen LogP contribution in [-0.2, 0) is 25.6 Å². The number of hydrogen-bond donors (Lipinski definition) is 4. The van der Waals surface area contributed by atoms with E-state index in [-0.39, 0.29) is 29.7 Å². The summed E-state index contributed by atoms with van der Waals surface area (Å²) in [4.78, 5) is 62.2. The lowest BCUT2D eigenvalue weighted by Gasteiger charge is -2.30. The van der Waals surface area contributed by atoms with Crippen LogP contribution in [0.2, 0.25) is 0 Å². The highest BCUT2D eigenvalue weighted by atomic mass is 32.2. The predicted molar refractivity (Wildman–Crippen MR) is 221 cm³/mol. The molecule has 4 N–H and O–H groups in total. The Morgan fingerprint density at radius 3 is 2.16 bits per heavy atom. The molecule has 3 fully saturated rings. The number of nitrogens with zero attached hydrogens (tertiary/aromatic N) is 4. The molecule has 2 aliphatic carbocycles. The van der Waals surface area contributed by atoms with Gasteiger partial charge in [0, 0.05) is 37.9 Å². The number of likely N-dealkylation sites (tertiary alicyclic amines) is 1. The van der Waals surface area contributed by atoms with Crippen LogP contribution in [0.1, 0.15) is 68.2 Å². The number of aromatic nitrogens is 5. The monoisotopic (exact) mass is 802 g/mol. The fraction of sp³-hybridized carbons (Fsp3) is 0.409. The maximum Gasteiger partial charge on any atom is 0.407 e. The summed E-state index contributed by atoms with van der Waals surface area (Å²) in [7, 11) is 2.77. The standard InChI is InChI=1S/C44H50N8O5S/c1-25(56-2)38(51-44(55)57-3)43(54)52-20-6-8-35(52)39-46-23-33(49-39)28-13-9-26(10-14-28)27-11-15-29(16-12-27)34-24-47-40(50-34)36-30-17-18-31(21-30)37(36)41(53)48-22-32-7-5-19-45-42(32)58-4/h5,7,9-16,19,23-25,30-31,35-38H,6,8,17-18,20-22H2,1-4H3,(H,46,49)(H,47,50)(H,48,53)(H,51,55)/t25-,30?,31?,35+,36+,37+,38+/m1/s1. The molecule has 4 heterocycles. The summed E-state index contributed by atoms with van der Waals surface area (Å²) in [6.07, 6.45) is 11.1. The summed E-state index contributed by atoms with van der Waals surface area (Å²) < 4.78 is 10.2. The van der Waals surface area contributed by atoms with E-state index in [4.69, 9.17) is 14.5 Å². The minimum atomic E-state index is -0.886. The second kappa shape index (κ2) is 17.2. The Labute approximate surface area is 342 Å². The molecule has 5 aromatic rings. The van der Waals surface area contributed by atoms with Crippen LogP contribution in [0.25, 0.3) is 33.6 Å². The van der Waals surface area contributed by atoms with E-state index in [0.717, 1.165) is 82.2 Å². The van der Waals surface area contributed by atoms with E-state index < -0.39 is 18.2 Å². The number of carbonyl (C=O) groups excluding carboxylic acids is 3. The number of alkyl carbamates (subject to hydrolysis) is 1. The Morgan fingerprint density at radius 2 is 1.50 bits per heavy atom. The van der Waals surface area contributed by atoms with Gasteiger partial charge in [-0.3, -0.25) is 9.59 Å². The molecule has 2 bridgehead atoms. The van der Waals surface area contributed by atoms with Crippen LogP contribution < -0.4 is 10.6 Å². The molecular formula is C44H50N8O5S. The highest BCUT2D eigenvalue weighted by Crippen LogP contribution is 2.56. The molecule has 302 valence electrons. The van der Waals surface area contributed by atoms with Crippen molar-refractivity contribution in [3.63, 3.8) is 0 Å². The van der Waals surface area contributed by atoms with E-state index in [0.29, 0.717) is 30.7 Å². The minimum absolute atomic E-state index is 0.0807. The van der Waals surface area contributed by atoms with Crippen molar-refractivity contribution in [1.29, 1.82) is 0 Å². The van der Waals surface area contributed by atoms with Crippen molar-refractivity contribution in [2.75, 3.05) is 27.0 Å². The van der Waals surface area contributed by atoms with Gasteiger partial charge in [0.05, 0.1) is 49.0 Å². The number of methoxy groups -OCH3 is 2. The van der Waals surface area contributed by atoms with Gasteiger partial charge in [0.15, 0.2) is 0 Å². The van der Waals surface area contributed by atoms with Gasteiger partial charge in [-0.25, -0.2) is 19.7 Å². The van der Waals surface area contributed by atoms with Gasteiger partial charge in [0.1, 0.15) is 22.7 Å². The first-order valence-electron chi connectivity index (χ1n) is 20.0. The topological polar surface area (TPSA) is 167 Å². The van der Waals surface area contributed by atoms with E-state index >= 15 is 0 Å². The van der Waals surface area contributed by atoms with Crippen LogP contribution in [0.4, 0.5) is 4.79 Å². The van der Waals surface area contributed by atoms with Crippen molar-refractivity contribution in [2.24, 2.45) is 17.8 Å². The third kappa shape index (κ3) is 7.87. The lowest BCUT2D eigenvalue weighted by molar-refractivity contribution is -0.137. The molecule has 1 aliphatic heterocycles. The van der Waals surface area contributed by atoms with Crippen LogP contribution >= 0.6 is 11.8 Å². The van der Waals surface area contributed by atoms with Crippen molar-refractivity contribution in [3.8, 4) is 33.6 Å². The molecule has 3 amide bonds. The van der Waals surface area contributed by atoms with Gasteiger partial charge >= 0.3 is 6.09 Å². The zero-order valence-corrected chi connectivity index (χ0v) is 34.1. The zero-order valence-electron chi connectivity index (χ0n) is 33.2. The Hall–Kier alpha value is -5.47. The number of nitrogens with one attached hydrogen (secondary N) is 4. The van der Waals surface area contributed by atoms with Gasteiger partial charge in [-0.1, -0.05) is 54.6 Å². The minimum Gasteiger partial charge on any atom is -0.453 e. The molecule has 0 radical (unpaired) electrons. The Morgan fingerprint density at radius 1 is 0.862 bits per heavy atom. The average molecular weight is 803 g/mol. The molecule has 2 saturated carbocycles. The molecule has 2 aromatic carbocycles. The van der Waals surface area contributed by atoms with Gasteiger partial charge in [0.25, 0.3) is 0 Å². The largest absolute Gasteiger partial charge is 0.453 e. The van der Waals surface area contributed by atoms with E-state index in [2.05, 4.69) is 79.1 Å². The van der Waals surface area contributed by atoms with Crippen LogP contribution in [-0.4, -0.2) is 86.9 Å².